The van der Waals surface area contributed by atoms with E-state index in [1.165, 1.54) is 0 Å². The molecule has 3 rings (SSSR count). The summed E-state index contributed by atoms with van der Waals surface area (Å²) in [7, 11) is 4.27. The van der Waals surface area contributed by atoms with Gasteiger partial charge < -0.3 is 15.1 Å². The van der Waals surface area contributed by atoms with E-state index >= 15 is 0 Å². The van der Waals surface area contributed by atoms with Crippen molar-refractivity contribution < 1.29 is 4.79 Å². The van der Waals surface area contributed by atoms with Crippen LogP contribution in [-0.4, -0.2) is 62.0 Å². The summed E-state index contributed by atoms with van der Waals surface area (Å²) in [6.07, 6.45) is 0. The zero-order chi connectivity index (χ0) is 16.7. The predicted octanol–water partition coefficient (Wildman–Crippen LogP) is 2.87. The molecule has 1 aromatic carbocycles. The van der Waals surface area contributed by atoms with E-state index in [9.17, 15) is 4.79 Å². The summed E-state index contributed by atoms with van der Waals surface area (Å²) in [5, 5.41) is 4.17. The van der Waals surface area contributed by atoms with E-state index in [2.05, 4.69) is 29.2 Å². The molecule has 0 radical (unpaired) electrons. The summed E-state index contributed by atoms with van der Waals surface area (Å²) in [5.74, 6) is 0.600. The summed E-state index contributed by atoms with van der Waals surface area (Å²) >= 11 is 18.3. The number of benzene rings is 1. The molecule has 0 aliphatic carbocycles. The topological polar surface area (TPSA) is 35.6 Å². The predicted molar refractivity (Wildman–Crippen MR) is 94.7 cm³/mol. The number of carbonyl (C=O) groups excluding carboxylic acids is 1. The SMILES string of the molecule is CN1CC2CN(C)CC(C1)C2NC(=O)c1c(Cl)cc(Cl)cc1Cl. The number of hydrogen-bond acceptors (Lipinski definition) is 3. The van der Waals surface area contributed by atoms with Crippen molar-refractivity contribution in [2.24, 2.45) is 11.8 Å². The number of fused-ring (bicyclic) bond motifs is 2. The Morgan fingerprint density at radius 2 is 1.43 bits per heavy atom. The van der Waals surface area contributed by atoms with Gasteiger partial charge in [0.25, 0.3) is 5.91 Å². The molecule has 1 amide bonds. The van der Waals surface area contributed by atoms with Gasteiger partial charge in [-0.2, -0.15) is 0 Å². The average Bonchev–Trinajstić information content (AvgIpc) is 2.39. The average molecular weight is 377 g/mol. The van der Waals surface area contributed by atoms with Gasteiger partial charge in [0.2, 0.25) is 0 Å². The van der Waals surface area contributed by atoms with Gasteiger partial charge in [0.15, 0.2) is 0 Å². The molecule has 23 heavy (non-hydrogen) atoms. The molecule has 0 aromatic heterocycles. The highest BCUT2D eigenvalue weighted by atomic mass is 35.5. The first-order valence-corrected chi connectivity index (χ1v) is 8.81. The lowest BCUT2D eigenvalue weighted by atomic mass is 9.79. The van der Waals surface area contributed by atoms with E-state index in [1.807, 2.05) is 0 Å². The minimum absolute atomic E-state index is 0.151. The summed E-state index contributed by atoms with van der Waals surface area (Å²) in [6, 6.07) is 3.25. The smallest absolute Gasteiger partial charge is 0.254 e. The van der Waals surface area contributed by atoms with Gasteiger partial charge in [-0.05, 0) is 26.2 Å². The molecule has 7 heteroatoms. The minimum Gasteiger partial charge on any atom is -0.348 e. The van der Waals surface area contributed by atoms with Crippen LogP contribution in [0.2, 0.25) is 15.1 Å². The molecule has 126 valence electrons. The van der Waals surface area contributed by atoms with Crippen molar-refractivity contribution in [3.8, 4) is 0 Å². The highest BCUT2D eigenvalue weighted by molar-refractivity contribution is 6.42. The molecule has 2 saturated heterocycles. The number of piperidine rings is 2. The number of halogens is 3. The van der Waals surface area contributed by atoms with E-state index in [1.54, 1.807) is 12.1 Å². The van der Waals surface area contributed by atoms with Gasteiger partial charge >= 0.3 is 0 Å². The van der Waals surface area contributed by atoms with Crippen molar-refractivity contribution in [1.29, 1.82) is 0 Å². The first-order valence-electron chi connectivity index (χ1n) is 7.67. The van der Waals surface area contributed by atoms with Gasteiger partial charge in [0, 0.05) is 49.1 Å². The molecule has 1 aromatic rings. The minimum atomic E-state index is -0.217. The third-order valence-electron chi connectivity index (χ3n) is 4.73. The molecule has 0 unspecified atom stereocenters. The molecule has 1 N–H and O–H groups in total. The van der Waals surface area contributed by atoms with Crippen molar-refractivity contribution in [2.45, 2.75) is 6.04 Å². The zero-order valence-electron chi connectivity index (χ0n) is 13.2. The van der Waals surface area contributed by atoms with Crippen LogP contribution in [0.25, 0.3) is 0 Å². The fourth-order valence-electron chi connectivity index (χ4n) is 3.92. The number of carbonyl (C=O) groups is 1. The second-order valence-electron chi connectivity index (χ2n) is 6.71. The Bertz CT molecular complexity index is 572. The van der Waals surface area contributed by atoms with Gasteiger partial charge in [0.1, 0.15) is 0 Å². The van der Waals surface area contributed by atoms with E-state index in [-0.39, 0.29) is 22.0 Å². The van der Waals surface area contributed by atoms with E-state index in [0.29, 0.717) is 22.4 Å². The van der Waals surface area contributed by atoms with Crippen LogP contribution in [0.15, 0.2) is 12.1 Å². The largest absolute Gasteiger partial charge is 0.348 e. The lowest BCUT2D eigenvalue weighted by Crippen LogP contribution is -2.63. The van der Waals surface area contributed by atoms with Crippen LogP contribution in [0.1, 0.15) is 10.4 Å². The van der Waals surface area contributed by atoms with Crippen molar-refractivity contribution in [1.82, 2.24) is 15.1 Å². The second kappa shape index (κ2) is 6.77. The van der Waals surface area contributed by atoms with Gasteiger partial charge in [-0.15, -0.1) is 0 Å². The molecule has 2 heterocycles. The molecule has 4 nitrogen and oxygen atoms in total. The van der Waals surface area contributed by atoms with Crippen LogP contribution in [0.4, 0.5) is 0 Å². The van der Waals surface area contributed by atoms with Crippen LogP contribution in [0.3, 0.4) is 0 Å². The van der Waals surface area contributed by atoms with E-state index < -0.39 is 0 Å². The fourth-order valence-corrected chi connectivity index (χ4v) is 4.91. The van der Waals surface area contributed by atoms with E-state index in [4.69, 9.17) is 34.8 Å². The maximum absolute atomic E-state index is 12.7. The Morgan fingerprint density at radius 1 is 1.00 bits per heavy atom. The Balaban J connectivity index is 1.80. The maximum atomic E-state index is 12.7. The highest BCUT2D eigenvalue weighted by Crippen LogP contribution is 2.31. The van der Waals surface area contributed by atoms with Gasteiger partial charge in [0.05, 0.1) is 15.6 Å². The molecule has 0 atom stereocenters. The first-order chi connectivity index (χ1) is 10.8. The van der Waals surface area contributed by atoms with Gasteiger partial charge in [-0.1, -0.05) is 34.8 Å². The third kappa shape index (κ3) is 3.62. The summed E-state index contributed by atoms with van der Waals surface area (Å²) < 4.78 is 0. The molecule has 0 saturated carbocycles. The third-order valence-corrected chi connectivity index (χ3v) is 5.55. The maximum Gasteiger partial charge on any atom is 0.254 e. The van der Waals surface area contributed by atoms with Crippen LogP contribution in [0, 0.1) is 11.8 Å². The van der Waals surface area contributed by atoms with Crippen molar-refractivity contribution in [3.63, 3.8) is 0 Å². The quantitative estimate of drug-likeness (QED) is 0.862. The summed E-state index contributed by atoms with van der Waals surface area (Å²) in [5.41, 5.74) is 0.308. The molecule has 2 aliphatic heterocycles. The normalized spacial score (nSPS) is 28.7. The first kappa shape index (κ1) is 17.3. The Labute approximate surface area is 151 Å². The van der Waals surface area contributed by atoms with Crippen molar-refractivity contribution in [3.05, 3.63) is 32.8 Å². The fraction of sp³-hybridized carbons (Fsp3) is 0.562. The van der Waals surface area contributed by atoms with Gasteiger partial charge in [-0.25, -0.2) is 0 Å². The van der Waals surface area contributed by atoms with Crippen molar-refractivity contribution >= 4 is 40.7 Å². The second-order valence-corrected chi connectivity index (χ2v) is 7.96. The summed E-state index contributed by atoms with van der Waals surface area (Å²) in [4.78, 5) is 17.4. The van der Waals surface area contributed by atoms with Crippen LogP contribution in [-0.2, 0) is 0 Å². The molecule has 2 aliphatic rings. The Hall–Kier alpha value is -0.520. The molecular formula is C16H20Cl3N3O. The molecule has 2 bridgehead atoms. The van der Waals surface area contributed by atoms with Crippen LogP contribution >= 0.6 is 34.8 Å². The Morgan fingerprint density at radius 3 is 1.87 bits per heavy atom. The number of amides is 1. The number of nitrogens with zero attached hydrogens (tertiary/aromatic N) is 2. The highest BCUT2D eigenvalue weighted by Gasteiger charge is 2.41. The lowest BCUT2D eigenvalue weighted by molar-refractivity contribution is 0.0203. The zero-order valence-corrected chi connectivity index (χ0v) is 15.4. The molecular weight excluding hydrogens is 357 g/mol. The monoisotopic (exact) mass is 375 g/mol. The van der Waals surface area contributed by atoms with Gasteiger partial charge in [-0.3, -0.25) is 4.79 Å². The number of hydrogen-bond donors (Lipinski definition) is 1. The molecule has 2 fully saturated rings. The molecule has 0 spiro atoms. The van der Waals surface area contributed by atoms with Crippen molar-refractivity contribution in [2.75, 3.05) is 40.3 Å². The number of rotatable bonds is 2. The van der Waals surface area contributed by atoms with Crippen LogP contribution < -0.4 is 5.32 Å². The van der Waals surface area contributed by atoms with E-state index in [0.717, 1.165) is 26.2 Å². The standard InChI is InChI=1S/C16H20Cl3N3O/c1-21-5-9-7-22(2)8-10(6-21)15(9)20-16(23)14-12(18)3-11(17)4-13(14)19/h3-4,9-10,15H,5-8H2,1-2H3,(H,20,23). The number of likely N-dealkylation sites (tertiary alicyclic amines) is 2. The summed E-state index contributed by atoms with van der Waals surface area (Å²) in [6.45, 7) is 3.92. The lowest BCUT2D eigenvalue weighted by Gasteiger charge is -2.49. The number of nitrogens with one attached hydrogen (secondary N) is 1. The van der Waals surface area contributed by atoms with Crippen LogP contribution in [0.5, 0.6) is 0 Å². The Kier molecular flexibility index (Phi) is 5.09.